The maximum absolute atomic E-state index is 15.0. The summed E-state index contributed by atoms with van der Waals surface area (Å²) in [5.41, 5.74) is 3.30. The summed E-state index contributed by atoms with van der Waals surface area (Å²) in [5, 5.41) is 1.87. The van der Waals surface area contributed by atoms with Gasteiger partial charge < -0.3 is 9.97 Å². The molecule has 2 N–H and O–H groups in total. The summed E-state index contributed by atoms with van der Waals surface area (Å²) in [7, 11) is 0. The molecule has 0 aliphatic rings. The Morgan fingerprint density at radius 2 is 1.15 bits per heavy atom. The SMILES string of the molecule is FC(c1c[nH]c2ccccc12)c1c[nH]c2ccccc12. The van der Waals surface area contributed by atoms with Crippen LogP contribution in [0.4, 0.5) is 4.39 Å². The van der Waals surface area contributed by atoms with Gasteiger partial charge in [-0.15, -0.1) is 0 Å². The first-order chi connectivity index (χ1) is 9.84. The van der Waals surface area contributed by atoms with Crippen LogP contribution in [0.15, 0.2) is 60.9 Å². The summed E-state index contributed by atoms with van der Waals surface area (Å²) >= 11 is 0. The van der Waals surface area contributed by atoms with Gasteiger partial charge in [-0.1, -0.05) is 36.4 Å². The lowest BCUT2D eigenvalue weighted by Crippen LogP contribution is -1.91. The lowest BCUT2D eigenvalue weighted by atomic mass is 10.0. The highest BCUT2D eigenvalue weighted by Crippen LogP contribution is 2.35. The zero-order valence-electron chi connectivity index (χ0n) is 10.7. The third-order valence-electron chi connectivity index (χ3n) is 3.79. The predicted molar refractivity (Wildman–Crippen MR) is 79.5 cm³/mol. The smallest absolute Gasteiger partial charge is 0.154 e. The Balaban J connectivity index is 1.90. The molecule has 3 heteroatoms. The second kappa shape index (κ2) is 4.23. The fourth-order valence-electron chi connectivity index (χ4n) is 2.77. The molecule has 0 amide bonds. The van der Waals surface area contributed by atoms with Gasteiger partial charge in [-0.3, -0.25) is 0 Å². The number of para-hydroxylation sites is 2. The number of halogens is 1. The average molecular weight is 264 g/mol. The zero-order valence-corrected chi connectivity index (χ0v) is 10.7. The summed E-state index contributed by atoms with van der Waals surface area (Å²) in [6.07, 6.45) is 2.39. The van der Waals surface area contributed by atoms with Gasteiger partial charge in [-0.05, 0) is 12.1 Å². The van der Waals surface area contributed by atoms with Crippen LogP contribution in [0.1, 0.15) is 17.3 Å². The van der Waals surface area contributed by atoms with Crippen LogP contribution in [0.3, 0.4) is 0 Å². The van der Waals surface area contributed by atoms with E-state index in [9.17, 15) is 4.39 Å². The highest BCUT2D eigenvalue weighted by molar-refractivity contribution is 5.87. The van der Waals surface area contributed by atoms with E-state index in [1.807, 2.05) is 48.5 Å². The van der Waals surface area contributed by atoms with Crippen molar-refractivity contribution in [1.82, 2.24) is 9.97 Å². The third kappa shape index (κ3) is 1.56. The van der Waals surface area contributed by atoms with Gasteiger partial charge in [0.25, 0.3) is 0 Å². The Bertz CT molecular complexity index is 814. The first-order valence-corrected chi connectivity index (χ1v) is 6.60. The number of alkyl halides is 1. The van der Waals surface area contributed by atoms with Crippen LogP contribution in [-0.2, 0) is 0 Å². The van der Waals surface area contributed by atoms with Crippen molar-refractivity contribution in [1.29, 1.82) is 0 Å². The van der Waals surface area contributed by atoms with E-state index < -0.39 is 6.17 Å². The summed E-state index contributed by atoms with van der Waals surface area (Å²) < 4.78 is 15.0. The van der Waals surface area contributed by atoms with Gasteiger partial charge in [-0.2, -0.15) is 0 Å². The van der Waals surface area contributed by atoms with Crippen molar-refractivity contribution in [3.63, 3.8) is 0 Å². The second-order valence-corrected chi connectivity index (χ2v) is 4.94. The minimum atomic E-state index is -1.14. The topological polar surface area (TPSA) is 31.6 Å². The summed E-state index contributed by atoms with van der Waals surface area (Å²) in [5.74, 6) is 0. The van der Waals surface area contributed by atoms with Crippen molar-refractivity contribution < 1.29 is 4.39 Å². The highest BCUT2D eigenvalue weighted by Gasteiger charge is 2.19. The van der Waals surface area contributed by atoms with Crippen LogP contribution in [0.2, 0.25) is 0 Å². The lowest BCUT2D eigenvalue weighted by molar-refractivity contribution is 0.407. The molecule has 0 aliphatic carbocycles. The molecule has 0 saturated heterocycles. The van der Waals surface area contributed by atoms with Crippen molar-refractivity contribution in [2.75, 3.05) is 0 Å². The fraction of sp³-hybridized carbons (Fsp3) is 0.0588. The van der Waals surface area contributed by atoms with Gasteiger partial charge in [0.1, 0.15) is 0 Å². The number of aromatic amines is 2. The third-order valence-corrected chi connectivity index (χ3v) is 3.79. The first kappa shape index (κ1) is 11.3. The number of fused-ring (bicyclic) bond motifs is 2. The lowest BCUT2D eigenvalue weighted by Gasteiger charge is -2.06. The molecule has 0 unspecified atom stereocenters. The molecule has 98 valence electrons. The van der Waals surface area contributed by atoms with E-state index in [1.54, 1.807) is 12.4 Å². The number of aromatic nitrogens is 2. The molecule has 20 heavy (non-hydrogen) atoms. The Morgan fingerprint density at radius 3 is 1.65 bits per heavy atom. The van der Waals surface area contributed by atoms with Gasteiger partial charge in [0, 0.05) is 45.3 Å². The molecule has 0 radical (unpaired) electrons. The number of hydrogen-bond donors (Lipinski definition) is 2. The maximum atomic E-state index is 15.0. The van der Waals surface area contributed by atoms with Gasteiger partial charge in [0.15, 0.2) is 6.17 Å². The molecule has 0 fully saturated rings. The van der Waals surface area contributed by atoms with E-state index in [2.05, 4.69) is 9.97 Å². The number of rotatable bonds is 2. The number of benzene rings is 2. The van der Waals surface area contributed by atoms with E-state index in [-0.39, 0.29) is 0 Å². The Morgan fingerprint density at radius 1 is 0.700 bits per heavy atom. The molecule has 4 rings (SSSR count). The van der Waals surface area contributed by atoms with Crippen molar-refractivity contribution in [3.8, 4) is 0 Å². The van der Waals surface area contributed by atoms with Crippen molar-refractivity contribution in [2.24, 2.45) is 0 Å². The fourth-order valence-corrected chi connectivity index (χ4v) is 2.77. The molecule has 0 bridgehead atoms. The number of H-pyrrole nitrogens is 2. The van der Waals surface area contributed by atoms with Crippen LogP contribution >= 0.6 is 0 Å². The van der Waals surface area contributed by atoms with E-state index in [1.165, 1.54) is 0 Å². The molecule has 2 nitrogen and oxygen atoms in total. The zero-order chi connectivity index (χ0) is 13.5. The highest BCUT2D eigenvalue weighted by atomic mass is 19.1. The molecule has 0 aliphatic heterocycles. The van der Waals surface area contributed by atoms with E-state index in [0.717, 1.165) is 21.8 Å². The van der Waals surface area contributed by atoms with Crippen LogP contribution in [0.5, 0.6) is 0 Å². The average Bonchev–Trinajstić information content (AvgIpc) is 3.11. The van der Waals surface area contributed by atoms with Crippen LogP contribution in [0.25, 0.3) is 21.8 Å². The Kier molecular flexibility index (Phi) is 2.39. The molecule has 2 aromatic heterocycles. The summed E-state index contributed by atoms with van der Waals surface area (Å²) in [4.78, 5) is 6.26. The van der Waals surface area contributed by atoms with Gasteiger partial charge in [0.05, 0.1) is 0 Å². The van der Waals surface area contributed by atoms with Crippen LogP contribution < -0.4 is 0 Å². The molecule has 0 spiro atoms. The molecule has 2 heterocycles. The van der Waals surface area contributed by atoms with E-state index in [0.29, 0.717) is 11.1 Å². The maximum Gasteiger partial charge on any atom is 0.154 e. The first-order valence-electron chi connectivity index (χ1n) is 6.60. The quantitative estimate of drug-likeness (QED) is 0.525. The normalized spacial score (nSPS) is 11.7. The molecule has 2 aromatic carbocycles. The van der Waals surface area contributed by atoms with Gasteiger partial charge in [-0.25, -0.2) is 4.39 Å². The standard InChI is InChI=1S/C17H13FN2/c18-17(13-9-19-15-7-3-1-5-11(13)15)14-10-20-16-8-4-2-6-12(14)16/h1-10,17,19-20H. The van der Waals surface area contributed by atoms with Gasteiger partial charge in [0.2, 0.25) is 0 Å². The molecular weight excluding hydrogens is 251 g/mol. The molecule has 4 aromatic rings. The molecular formula is C17H13FN2. The van der Waals surface area contributed by atoms with Crippen molar-refractivity contribution >= 4 is 21.8 Å². The summed E-state index contributed by atoms with van der Waals surface area (Å²) in [6.45, 7) is 0. The predicted octanol–water partition coefficient (Wildman–Crippen LogP) is 4.71. The second-order valence-electron chi connectivity index (χ2n) is 4.94. The summed E-state index contributed by atoms with van der Waals surface area (Å²) in [6, 6.07) is 15.6. The monoisotopic (exact) mass is 264 g/mol. The minimum absolute atomic E-state index is 0.686. The van der Waals surface area contributed by atoms with Crippen molar-refractivity contribution in [2.45, 2.75) is 6.17 Å². The van der Waals surface area contributed by atoms with Crippen LogP contribution in [0, 0.1) is 0 Å². The van der Waals surface area contributed by atoms with Gasteiger partial charge >= 0.3 is 0 Å². The number of nitrogens with one attached hydrogen (secondary N) is 2. The Labute approximate surface area is 115 Å². The van der Waals surface area contributed by atoms with E-state index in [4.69, 9.17) is 0 Å². The van der Waals surface area contributed by atoms with Crippen molar-refractivity contribution in [3.05, 3.63) is 72.1 Å². The largest absolute Gasteiger partial charge is 0.361 e. The minimum Gasteiger partial charge on any atom is -0.361 e. The Hall–Kier alpha value is -2.55. The molecule has 0 atom stereocenters. The van der Waals surface area contributed by atoms with Crippen LogP contribution in [-0.4, -0.2) is 9.97 Å². The number of hydrogen-bond acceptors (Lipinski definition) is 0. The molecule has 0 saturated carbocycles. The van der Waals surface area contributed by atoms with E-state index >= 15 is 0 Å².